The zero-order chi connectivity index (χ0) is 12.5. The molecule has 92 valence electrons. The molecule has 18 heavy (non-hydrogen) atoms. The number of aryl methyl sites for hydroxylation is 1. The molecule has 1 unspecified atom stereocenters. The smallest absolute Gasteiger partial charge is 0.182 e. The van der Waals surface area contributed by atoms with Gasteiger partial charge in [-0.05, 0) is 11.3 Å². The number of aromatic nitrogens is 4. The Balaban J connectivity index is 1.78. The van der Waals surface area contributed by atoms with Crippen LogP contribution in [0.15, 0.2) is 24.3 Å². The van der Waals surface area contributed by atoms with Crippen molar-refractivity contribution in [3.05, 3.63) is 35.7 Å². The molecule has 2 aromatic rings. The fourth-order valence-electron chi connectivity index (χ4n) is 2.10. The van der Waals surface area contributed by atoms with E-state index in [0.717, 1.165) is 11.3 Å². The largest absolute Gasteiger partial charge is 0.492 e. The van der Waals surface area contributed by atoms with E-state index in [2.05, 4.69) is 15.4 Å². The number of para-hydroxylation sites is 1. The van der Waals surface area contributed by atoms with Gasteiger partial charge in [0, 0.05) is 5.56 Å². The zero-order valence-electron chi connectivity index (χ0n) is 9.91. The van der Waals surface area contributed by atoms with Crippen LogP contribution in [-0.4, -0.2) is 32.6 Å². The molecular formula is C12H12N4O2. The summed E-state index contributed by atoms with van der Waals surface area (Å²) in [5, 5.41) is 11.5. The normalized spacial score (nSPS) is 17.3. The Bertz CT molecular complexity index is 593. The highest BCUT2D eigenvalue weighted by Crippen LogP contribution is 2.34. The highest BCUT2D eigenvalue weighted by molar-refractivity contribution is 5.88. The second kappa shape index (κ2) is 4.21. The van der Waals surface area contributed by atoms with Gasteiger partial charge in [-0.25, -0.2) is 0 Å². The van der Waals surface area contributed by atoms with Crippen LogP contribution in [0, 0.1) is 0 Å². The minimum absolute atomic E-state index is 0.0629. The number of carbonyl (C=O) groups is 1. The summed E-state index contributed by atoms with van der Waals surface area (Å²) in [6.45, 7) is 0.401. The minimum atomic E-state index is -0.218. The number of benzene rings is 1. The lowest BCUT2D eigenvalue weighted by Crippen LogP contribution is -2.17. The minimum Gasteiger partial charge on any atom is -0.492 e. The summed E-state index contributed by atoms with van der Waals surface area (Å²) in [6, 6.07) is 7.61. The van der Waals surface area contributed by atoms with E-state index in [1.54, 1.807) is 7.05 Å². The van der Waals surface area contributed by atoms with Gasteiger partial charge in [-0.1, -0.05) is 18.2 Å². The number of fused-ring (bicyclic) bond motifs is 1. The molecule has 1 aromatic heterocycles. The van der Waals surface area contributed by atoms with E-state index in [1.807, 2.05) is 24.3 Å². The van der Waals surface area contributed by atoms with Crippen LogP contribution in [0.4, 0.5) is 0 Å². The number of ether oxygens (including phenoxy) is 1. The molecule has 3 rings (SSSR count). The molecule has 6 heteroatoms. The van der Waals surface area contributed by atoms with E-state index in [1.165, 1.54) is 4.80 Å². The fraction of sp³-hybridized carbons (Fsp3) is 0.333. The van der Waals surface area contributed by atoms with Crippen LogP contribution in [0.3, 0.4) is 0 Å². The van der Waals surface area contributed by atoms with Crippen molar-refractivity contribution in [2.45, 2.75) is 12.3 Å². The van der Waals surface area contributed by atoms with Crippen LogP contribution >= 0.6 is 0 Å². The number of hydrogen-bond acceptors (Lipinski definition) is 5. The molecule has 0 saturated carbocycles. The summed E-state index contributed by atoms with van der Waals surface area (Å²) in [7, 11) is 1.68. The molecule has 1 atom stereocenters. The molecule has 1 aromatic carbocycles. The Hall–Kier alpha value is -2.24. The Morgan fingerprint density at radius 2 is 2.33 bits per heavy atom. The second-order valence-corrected chi connectivity index (χ2v) is 4.24. The SMILES string of the molecule is Cn1nnc(CC(=O)C2COc3ccccc32)n1. The van der Waals surface area contributed by atoms with Gasteiger partial charge in [0.15, 0.2) is 11.6 Å². The van der Waals surface area contributed by atoms with Gasteiger partial charge >= 0.3 is 0 Å². The lowest BCUT2D eigenvalue weighted by atomic mass is 9.95. The summed E-state index contributed by atoms with van der Waals surface area (Å²) in [4.78, 5) is 13.5. The summed E-state index contributed by atoms with van der Waals surface area (Å²) >= 11 is 0. The molecule has 0 aliphatic carbocycles. The van der Waals surface area contributed by atoms with E-state index in [0.29, 0.717) is 12.4 Å². The highest BCUT2D eigenvalue weighted by atomic mass is 16.5. The van der Waals surface area contributed by atoms with Crippen molar-refractivity contribution in [2.75, 3.05) is 6.61 Å². The molecule has 0 bridgehead atoms. The van der Waals surface area contributed by atoms with E-state index >= 15 is 0 Å². The number of carbonyl (C=O) groups excluding carboxylic acids is 1. The molecule has 0 amide bonds. The van der Waals surface area contributed by atoms with Gasteiger partial charge in [-0.3, -0.25) is 4.79 Å². The quantitative estimate of drug-likeness (QED) is 0.786. The van der Waals surface area contributed by atoms with E-state index < -0.39 is 0 Å². The van der Waals surface area contributed by atoms with Gasteiger partial charge in [0.1, 0.15) is 12.4 Å². The number of Topliss-reactive ketones (excluding diaryl/α,β-unsaturated/α-hetero) is 1. The Morgan fingerprint density at radius 1 is 1.50 bits per heavy atom. The Morgan fingerprint density at radius 3 is 3.11 bits per heavy atom. The standard InChI is InChI=1S/C12H12N4O2/c1-16-14-12(13-15-16)6-10(17)9-7-18-11-5-3-2-4-8(9)11/h2-5,9H,6-7H2,1H3. The van der Waals surface area contributed by atoms with Crippen molar-refractivity contribution >= 4 is 5.78 Å². The third-order valence-corrected chi connectivity index (χ3v) is 2.97. The number of ketones is 1. The van der Waals surface area contributed by atoms with Gasteiger partial charge in [-0.2, -0.15) is 4.80 Å². The van der Waals surface area contributed by atoms with Crippen molar-refractivity contribution in [3.8, 4) is 5.75 Å². The van der Waals surface area contributed by atoms with Crippen LogP contribution in [0.2, 0.25) is 0 Å². The first kappa shape index (κ1) is 10.9. The predicted octanol–water partition coefficient (Wildman–Crippen LogP) is 0.498. The average molecular weight is 244 g/mol. The molecule has 0 N–H and O–H groups in total. The highest BCUT2D eigenvalue weighted by Gasteiger charge is 2.30. The van der Waals surface area contributed by atoms with Crippen LogP contribution in [0.5, 0.6) is 5.75 Å². The lowest BCUT2D eigenvalue weighted by molar-refractivity contribution is -0.120. The summed E-state index contributed by atoms with van der Waals surface area (Å²) in [5.41, 5.74) is 0.950. The summed E-state index contributed by atoms with van der Waals surface area (Å²) < 4.78 is 5.49. The van der Waals surface area contributed by atoms with E-state index in [4.69, 9.17) is 4.74 Å². The molecule has 0 fully saturated rings. The van der Waals surface area contributed by atoms with Crippen LogP contribution in [0.1, 0.15) is 17.3 Å². The molecular weight excluding hydrogens is 232 g/mol. The van der Waals surface area contributed by atoms with Gasteiger partial charge < -0.3 is 4.74 Å². The van der Waals surface area contributed by atoms with Crippen molar-refractivity contribution in [1.29, 1.82) is 0 Å². The fourth-order valence-corrected chi connectivity index (χ4v) is 2.10. The maximum absolute atomic E-state index is 12.2. The van der Waals surface area contributed by atoms with Gasteiger partial charge in [0.05, 0.1) is 19.4 Å². The van der Waals surface area contributed by atoms with E-state index in [-0.39, 0.29) is 18.1 Å². The number of nitrogens with zero attached hydrogens (tertiary/aromatic N) is 4. The molecule has 1 aliphatic rings. The van der Waals surface area contributed by atoms with Gasteiger partial charge in [0.2, 0.25) is 0 Å². The van der Waals surface area contributed by atoms with E-state index in [9.17, 15) is 4.79 Å². The molecule has 1 aliphatic heterocycles. The van der Waals surface area contributed by atoms with Gasteiger partial charge in [-0.15, -0.1) is 10.2 Å². The monoisotopic (exact) mass is 244 g/mol. The first-order chi connectivity index (χ1) is 8.74. The average Bonchev–Trinajstić information content (AvgIpc) is 2.95. The predicted molar refractivity (Wildman–Crippen MR) is 62.2 cm³/mol. The van der Waals surface area contributed by atoms with Crippen LogP contribution in [-0.2, 0) is 18.3 Å². The third kappa shape index (κ3) is 1.85. The van der Waals surface area contributed by atoms with Crippen molar-refractivity contribution in [3.63, 3.8) is 0 Å². The van der Waals surface area contributed by atoms with Crippen LogP contribution < -0.4 is 4.74 Å². The molecule has 2 heterocycles. The lowest BCUT2D eigenvalue weighted by Gasteiger charge is -2.05. The van der Waals surface area contributed by atoms with Crippen molar-refractivity contribution < 1.29 is 9.53 Å². The molecule has 6 nitrogen and oxygen atoms in total. The topological polar surface area (TPSA) is 69.9 Å². The molecule has 0 saturated heterocycles. The summed E-state index contributed by atoms with van der Waals surface area (Å²) in [6.07, 6.45) is 0.191. The number of rotatable bonds is 3. The number of tetrazole rings is 1. The third-order valence-electron chi connectivity index (χ3n) is 2.97. The Labute approximate surface area is 104 Å². The maximum Gasteiger partial charge on any atom is 0.182 e. The van der Waals surface area contributed by atoms with Crippen LogP contribution in [0.25, 0.3) is 0 Å². The second-order valence-electron chi connectivity index (χ2n) is 4.24. The maximum atomic E-state index is 12.2. The van der Waals surface area contributed by atoms with Crippen molar-refractivity contribution in [1.82, 2.24) is 20.2 Å². The Kier molecular flexibility index (Phi) is 2.55. The van der Waals surface area contributed by atoms with Gasteiger partial charge in [0.25, 0.3) is 0 Å². The first-order valence-electron chi connectivity index (χ1n) is 5.71. The molecule has 0 radical (unpaired) electrons. The zero-order valence-corrected chi connectivity index (χ0v) is 9.91. The first-order valence-corrected chi connectivity index (χ1v) is 5.71. The number of hydrogen-bond donors (Lipinski definition) is 0. The molecule has 0 spiro atoms. The van der Waals surface area contributed by atoms with Crippen molar-refractivity contribution in [2.24, 2.45) is 7.05 Å². The summed E-state index contributed by atoms with van der Waals surface area (Å²) in [5.74, 6) is 1.09.